The molecule has 42 heavy (non-hydrogen) atoms. The van der Waals surface area contributed by atoms with E-state index >= 15 is 0 Å². The van der Waals surface area contributed by atoms with Gasteiger partial charge in [0.2, 0.25) is 0 Å². The number of benzene rings is 3. The van der Waals surface area contributed by atoms with Crippen molar-refractivity contribution in [1.29, 1.82) is 0 Å². The summed E-state index contributed by atoms with van der Waals surface area (Å²) < 4.78 is 9.37. The van der Waals surface area contributed by atoms with E-state index in [9.17, 15) is 0 Å². The van der Waals surface area contributed by atoms with Crippen LogP contribution in [0, 0.1) is 13.8 Å². The average Bonchev–Trinajstić information content (AvgIpc) is 3.55. The number of hydrogen-bond donors (Lipinski definition) is 0. The van der Waals surface area contributed by atoms with Gasteiger partial charge in [-0.05, 0) is 120 Å². The summed E-state index contributed by atoms with van der Waals surface area (Å²) in [6.07, 6.45) is 12.8. The molecule has 0 atom stereocenters. The molecule has 5 heteroatoms. The number of rotatable bonds is 15. The zero-order chi connectivity index (χ0) is 29.7. The topological polar surface area (TPSA) is 32.3 Å². The van der Waals surface area contributed by atoms with Crippen LogP contribution in [0.1, 0.15) is 86.5 Å². The molecular formula is C37H50N4S. The largest absolute Gasteiger partial charge is 0.309 e. The highest BCUT2D eigenvalue weighted by Gasteiger charge is 2.42. The van der Waals surface area contributed by atoms with E-state index in [0.717, 1.165) is 11.0 Å². The number of nitrogens with zero attached hydrogens (tertiary/aromatic N) is 4. The number of aromatic nitrogens is 2. The molecule has 4 nitrogen and oxygen atoms in total. The molecule has 0 amide bonds. The highest BCUT2D eigenvalue weighted by Crippen LogP contribution is 2.55. The Labute approximate surface area is 258 Å². The zero-order valence-electron chi connectivity index (χ0n) is 26.8. The van der Waals surface area contributed by atoms with E-state index in [1.807, 2.05) is 0 Å². The normalized spacial score (nSPS) is 13.8. The first kappa shape index (κ1) is 30.8. The lowest BCUT2D eigenvalue weighted by Crippen LogP contribution is -2.26. The highest BCUT2D eigenvalue weighted by atomic mass is 32.1. The molecular weight excluding hydrogens is 533 g/mol. The van der Waals surface area contributed by atoms with E-state index in [-0.39, 0.29) is 5.41 Å². The molecule has 0 unspecified atom stereocenters. The van der Waals surface area contributed by atoms with Gasteiger partial charge in [0.05, 0.1) is 11.7 Å². The van der Waals surface area contributed by atoms with E-state index in [0.29, 0.717) is 0 Å². The summed E-state index contributed by atoms with van der Waals surface area (Å²) in [6.45, 7) is 6.77. The van der Waals surface area contributed by atoms with Gasteiger partial charge in [-0.15, -0.1) is 0 Å². The van der Waals surface area contributed by atoms with Gasteiger partial charge >= 0.3 is 0 Å². The molecule has 1 aromatic heterocycles. The molecule has 1 heterocycles. The summed E-state index contributed by atoms with van der Waals surface area (Å²) in [6, 6.07) is 18.9. The second-order valence-corrected chi connectivity index (χ2v) is 13.7. The first-order valence-corrected chi connectivity index (χ1v) is 16.8. The third-order valence-corrected chi connectivity index (χ3v) is 9.89. The van der Waals surface area contributed by atoms with E-state index in [2.05, 4.69) is 105 Å². The van der Waals surface area contributed by atoms with Crippen LogP contribution in [0.5, 0.6) is 0 Å². The quantitative estimate of drug-likeness (QED) is 0.131. The second kappa shape index (κ2) is 13.8. The van der Waals surface area contributed by atoms with Crippen molar-refractivity contribution in [2.24, 2.45) is 0 Å². The maximum absolute atomic E-state index is 4.74. The van der Waals surface area contributed by atoms with E-state index in [1.54, 1.807) is 11.1 Å². The maximum atomic E-state index is 4.74. The van der Waals surface area contributed by atoms with Crippen molar-refractivity contribution >= 4 is 22.8 Å². The van der Waals surface area contributed by atoms with Crippen molar-refractivity contribution in [3.8, 4) is 22.3 Å². The Morgan fingerprint density at radius 3 is 1.79 bits per heavy atom. The molecule has 5 rings (SSSR count). The fourth-order valence-corrected chi connectivity index (χ4v) is 7.70. The fourth-order valence-electron chi connectivity index (χ4n) is 7.08. The molecule has 0 spiro atoms. The van der Waals surface area contributed by atoms with E-state index in [4.69, 9.17) is 4.37 Å². The van der Waals surface area contributed by atoms with Crippen LogP contribution in [0.4, 0.5) is 0 Å². The Balaban J connectivity index is 1.51. The third kappa shape index (κ3) is 6.64. The summed E-state index contributed by atoms with van der Waals surface area (Å²) in [4.78, 5) is 4.62. The first-order chi connectivity index (χ1) is 20.3. The lowest BCUT2D eigenvalue weighted by molar-refractivity contribution is 0.368. The standard InChI is InChI=1S/C37H50N4S/c1-27-15-18-31-32-20-17-29(30-19-16-28(2)35-36(30)39-42-38-35)26-34(32)37(33(31)25-27,21-11-7-9-13-23-40(3)4)22-12-8-10-14-24-41(5)6/h15-20,25-26H,7-14,21-24H2,1-6H3. The van der Waals surface area contributed by atoms with Gasteiger partial charge in [-0.2, -0.15) is 8.75 Å². The molecule has 0 aliphatic heterocycles. The number of aryl methyl sites for hydroxylation is 2. The lowest BCUT2D eigenvalue weighted by Gasteiger charge is -2.33. The smallest absolute Gasteiger partial charge is 0.112 e. The molecule has 0 fully saturated rings. The third-order valence-electron chi connectivity index (χ3n) is 9.36. The Hall–Kier alpha value is -2.60. The summed E-state index contributed by atoms with van der Waals surface area (Å²) in [7, 11) is 8.74. The minimum atomic E-state index is 0.0694. The minimum absolute atomic E-state index is 0.0694. The van der Waals surface area contributed by atoms with Crippen LogP contribution in [-0.4, -0.2) is 59.8 Å². The highest BCUT2D eigenvalue weighted by molar-refractivity contribution is 7.00. The molecule has 0 N–H and O–H groups in total. The van der Waals surface area contributed by atoms with Crippen LogP contribution in [0.15, 0.2) is 48.5 Å². The molecule has 3 aromatic carbocycles. The summed E-state index contributed by atoms with van der Waals surface area (Å²) in [5.74, 6) is 0. The van der Waals surface area contributed by atoms with Crippen molar-refractivity contribution in [2.45, 2.75) is 83.5 Å². The first-order valence-electron chi connectivity index (χ1n) is 16.1. The van der Waals surface area contributed by atoms with Crippen molar-refractivity contribution in [3.05, 3.63) is 70.8 Å². The van der Waals surface area contributed by atoms with Crippen LogP contribution in [0.2, 0.25) is 0 Å². The van der Waals surface area contributed by atoms with Gasteiger partial charge in [-0.3, -0.25) is 0 Å². The van der Waals surface area contributed by atoms with Crippen molar-refractivity contribution in [2.75, 3.05) is 41.3 Å². The summed E-state index contributed by atoms with van der Waals surface area (Å²) >= 11 is 1.32. The minimum Gasteiger partial charge on any atom is -0.309 e. The summed E-state index contributed by atoms with van der Waals surface area (Å²) in [5, 5.41) is 0. The van der Waals surface area contributed by atoms with Gasteiger partial charge in [-0.25, -0.2) is 0 Å². The van der Waals surface area contributed by atoms with E-state index < -0.39 is 0 Å². The average molecular weight is 583 g/mol. The predicted molar refractivity (Wildman–Crippen MR) is 182 cm³/mol. The molecule has 0 saturated heterocycles. The Morgan fingerprint density at radius 1 is 0.595 bits per heavy atom. The van der Waals surface area contributed by atoms with Gasteiger partial charge < -0.3 is 9.80 Å². The van der Waals surface area contributed by atoms with Gasteiger partial charge in [-0.1, -0.05) is 86.6 Å². The van der Waals surface area contributed by atoms with Crippen LogP contribution in [0.25, 0.3) is 33.3 Å². The maximum Gasteiger partial charge on any atom is 0.112 e. The Morgan fingerprint density at radius 2 is 1.14 bits per heavy atom. The Kier molecular flexibility index (Phi) is 10.1. The molecule has 1 aliphatic rings. The van der Waals surface area contributed by atoms with Crippen LogP contribution in [-0.2, 0) is 5.41 Å². The van der Waals surface area contributed by atoms with Gasteiger partial charge in [0.15, 0.2) is 0 Å². The SMILES string of the molecule is Cc1ccc2c(c1)C(CCCCCCN(C)C)(CCCCCCN(C)C)c1cc(-c3ccc(C)c4nsnc34)ccc1-2. The van der Waals surface area contributed by atoms with Crippen LogP contribution in [0.3, 0.4) is 0 Å². The molecule has 4 aromatic rings. The molecule has 0 radical (unpaired) electrons. The van der Waals surface area contributed by atoms with Gasteiger partial charge in [0, 0.05) is 11.0 Å². The fraction of sp³-hybridized carbons (Fsp3) is 0.514. The van der Waals surface area contributed by atoms with Crippen LogP contribution >= 0.6 is 11.7 Å². The van der Waals surface area contributed by atoms with Gasteiger partial charge in [0.25, 0.3) is 0 Å². The summed E-state index contributed by atoms with van der Waals surface area (Å²) in [5.41, 5.74) is 13.2. The lowest BCUT2D eigenvalue weighted by atomic mass is 9.70. The van der Waals surface area contributed by atoms with E-state index in [1.165, 1.54) is 122 Å². The van der Waals surface area contributed by atoms with Crippen molar-refractivity contribution in [3.63, 3.8) is 0 Å². The molecule has 0 bridgehead atoms. The number of fused-ring (bicyclic) bond motifs is 4. The predicted octanol–water partition coefficient (Wildman–Crippen LogP) is 9.27. The zero-order valence-corrected chi connectivity index (χ0v) is 27.6. The van der Waals surface area contributed by atoms with Crippen molar-refractivity contribution < 1.29 is 0 Å². The van der Waals surface area contributed by atoms with Crippen molar-refractivity contribution in [1.82, 2.24) is 18.5 Å². The number of unbranched alkanes of at least 4 members (excludes halogenated alkanes) is 6. The molecule has 0 saturated carbocycles. The van der Waals surface area contributed by atoms with Gasteiger partial charge in [0.1, 0.15) is 11.0 Å². The van der Waals surface area contributed by atoms with Crippen LogP contribution < -0.4 is 0 Å². The molecule has 1 aliphatic carbocycles. The Bertz CT molecular complexity index is 1460. The second-order valence-electron chi connectivity index (χ2n) is 13.2. The number of hydrogen-bond acceptors (Lipinski definition) is 5. The molecule has 224 valence electrons. The monoisotopic (exact) mass is 582 g/mol.